The van der Waals surface area contributed by atoms with Crippen LogP contribution in [0.5, 0.6) is 0 Å². The van der Waals surface area contributed by atoms with E-state index in [4.69, 9.17) is 0 Å². The Bertz CT molecular complexity index is 502. The van der Waals surface area contributed by atoms with Gasteiger partial charge in [0.2, 0.25) is 0 Å². The van der Waals surface area contributed by atoms with Crippen LogP contribution in [0, 0.1) is 11.6 Å². The Hall–Kier alpha value is -1.88. The van der Waals surface area contributed by atoms with Crippen molar-refractivity contribution in [1.82, 2.24) is 15.3 Å². The molecule has 0 aliphatic heterocycles. The van der Waals surface area contributed by atoms with Crippen LogP contribution in [0.15, 0.2) is 36.8 Å². The summed E-state index contributed by atoms with van der Waals surface area (Å²) in [4.78, 5) is 8.03. The minimum absolute atomic E-state index is 0.342. The molecule has 0 aliphatic rings. The first-order valence-electron chi connectivity index (χ1n) is 5.10. The van der Waals surface area contributed by atoms with E-state index in [1.807, 2.05) is 0 Å². The van der Waals surface area contributed by atoms with E-state index in [1.54, 1.807) is 13.2 Å². The summed E-state index contributed by atoms with van der Waals surface area (Å²) in [5.41, 5.74) is 0.926. The fourth-order valence-electron chi connectivity index (χ4n) is 1.66. The highest BCUT2D eigenvalue weighted by atomic mass is 19.1. The fraction of sp³-hybridized carbons (Fsp3) is 0.167. The van der Waals surface area contributed by atoms with Crippen molar-refractivity contribution in [2.24, 2.45) is 0 Å². The Labute approximate surface area is 97.5 Å². The maximum atomic E-state index is 13.6. The minimum Gasteiger partial charge on any atom is -0.308 e. The first-order chi connectivity index (χ1) is 8.22. The standard InChI is InChI=1S/C12H11F2N3/c1-15-12(11-7-16-4-5-17-11)9-3-2-8(13)6-10(9)14/h2-7,12,15H,1H3. The van der Waals surface area contributed by atoms with Crippen LogP contribution in [0.3, 0.4) is 0 Å². The SMILES string of the molecule is CNC(c1cnccn1)c1ccc(F)cc1F. The minimum atomic E-state index is -0.602. The lowest BCUT2D eigenvalue weighted by atomic mass is 10.0. The summed E-state index contributed by atoms with van der Waals surface area (Å²) in [6.45, 7) is 0. The van der Waals surface area contributed by atoms with E-state index in [-0.39, 0.29) is 0 Å². The Morgan fingerprint density at radius 3 is 2.65 bits per heavy atom. The lowest BCUT2D eigenvalue weighted by Gasteiger charge is -2.16. The molecule has 1 N–H and O–H groups in total. The third-order valence-electron chi connectivity index (χ3n) is 2.44. The van der Waals surface area contributed by atoms with Gasteiger partial charge in [0.15, 0.2) is 0 Å². The lowest BCUT2D eigenvalue weighted by Crippen LogP contribution is -2.20. The Morgan fingerprint density at radius 2 is 2.06 bits per heavy atom. The normalized spacial score (nSPS) is 12.4. The molecule has 1 unspecified atom stereocenters. The number of halogens is 2. The topological polar surface area (TPSA) is 37.8 Å². The highest BCUT2D eigenvalue weighted by molar-refractivity contribution is 5.28. The van der Waals surface area contributed by atoms with Gasteiger partial charge >= 0.3 is 0 Å². The predicted octanol–water partition coefficient (Wildman–Crippen LogP) is 2.06. The third kappa shape index (κ3) is 2.45. The molecular formula is C12H11F2N3. The van der Waals surface area contributed by atoms with Crippen molar-refractivity contribution in [2.45, 2.75) is 6.04 Å². The van der Waals surface area contributed by atoms with Crippen LogP contribution in [0.1, 0.15) is 17.3 Å². The number of nitrogens with one attached hydrogen (secondary N) is 1. The molecule has 17 heavy (non-hydrogen) atoms. The van der Waals surface area contributed by atoms with Crippen LogP contribution < -0.4 is 5.32 Å². The largest absolute Gasteiger partial charge is 0.308 e. The Morgan fingerprint density at radius 1 is 1.24 bits per heavy atom. The van der Waals surface area contributed by atoms with E-state index in [1.165, 1.54) is 24.5 Å². The van der Waals surface area contributed by atoms with Crippen molar-refractivity contribution in [3.8, 4) is 0 Å². The van der Waals surface area contributed by atoms with Crippen LogP contribution in [-0.2, 0) is 0 Å². The highest BCUT2D eigenvalue weighted by Gasteiger charge is 2.17. The zero-order chi connectivity index (χ0) is 12.3. The summed E-state index contributed by atoms with van der Waals surface area (Å²) < 4.78 is 26.5. The first kappa shape index (κ1) is 11.6. The van der Waals surface area contributed by atoms with Gasteiger partial charge in [0.05, 0.1) is 17.9 Å². The highest BCUT2D eigenvalue weighted by Crippen LogP contribution is 2.22. The molecule has 1 aromatic heterocycles. The van der Waals surface area contributed by atoms with Crippen molar-refractivity contribution in [1.29, 1.82) is 0 Å². The maximum Gasteiger partial charge on any atom is 0.131 e. The van der Waals surface area contributed by atoms with Crippen molar-refractivity contribution in [3.63, 3.8) is 0 Å². The number of hydrogen-bond acceptors (Lipinski definition) is 3. The van der Waals surface area contributed by atoms with Gasteiger partial charge in [0, 0.05) is 24.0 Å². The van der Waals surface area contributed by atoms with E-state index in [0.717, 1.165) is 6.07 Å². The summed E-state index contributed by atoms with van der Waals surface area (Å²) in [5, 5.41) is 2.93. The molecule has 2 rings (SSSR count). The summed E-state index contributed by atoms with van der Waals surface area (Å²) >= 11 is 0. The van der Waals surface area contributed by atoms with Gasteiger partial charge in [-0.05, 0) is 13.1 Å². The fourth-order valence-corrected chi connectivity index (χ4v) is 1.66. The average molecular weight is 235 g/mol. The maximum absolute atomic E-state index is 13.6. The van der Waals surface area contributed by atoms with Crippen LogP contribution in [0.25, 0.3) is 0 Å². The van der Waals surface area contributed by atoms with Gasteiger partial charge in [-0.25, -0.2) is 8.78 Å². The zero-order valence-corrected chi connectivity index (χ0v) is 9.19. The first-order valence-corrected chi connectivity index (χ1v) is 5.10. The second-order valence-electron chi connectivity index (χ2n) is 3.52. The molecular weight excluding hydrogens is 224 g/mol. The number of rotatable bonds is 3. The van der Waals surface area contributed by atoms with Gasteiger partial charge in [-0.2, -0.15) is 0 Å². The van der Waals surface area contributed by atoms with Crippen LogP contribution in [0.4, 0.5) is 8.78 Å². The Kier molecular flexibility index (Phi) is 3.39. The van der Waals surface area contributed by atoms with E-state index in [2.05, 4.69) is 15.3 Å². The molecule has 2 aromatic rings. The average Bonchev–Trinajstić information content (AvgIpc) is 2.34. The van der Waals surface area contributed by atoms with Gasteiger partial charge in [0.1, 0.15) is 11.6 Å². The van der Waals surface area contributed by atoms with Crippen molar-refractivity contribution in [2.75, 3.05) is 7.05 Å². The van der Waals surface area contributed by atoms with Crippen molar-refractivity contribution < 1.29 is 8.78 Å². The molecule has 0 saturated carbocycles. The molecule has 0 amide bonds. The quantitative estimate of drug-likeness (QED) is 0.884. The summed E-state index contributed by atoms with van der Waals surface area (Å²) in [6, 6.07) is 3.04. The molecule has 0 saturated heterocycles. The summed E-state index contributed by atoms with van der Waals surface area (Å²) in [7, 11) is 1.68. The van der Waals surface area contributed by atoms with E-state index in [0.29, 0.717) is 11.3 Å². The molecule has 0 radical (unpaired) electrons. The zero-order valence-electron chi connectivity index (χ0n) is 9.19. The molecule has 1 aromatic carbocycles. The second kappa shape index (κ2) is 4.97. The number of benzene rings is 1. The summed E-state index contributed by atoms with van der Waals surface area (Å²) in [6.07, 6.45) is 4.61. The molecule has 0 spiro atoms. The second-order valence-corrected chi connectivity index (χ2v) is 3.52. The van der Waals surface area contributed by atoms with Crippen LogP contribution in [0.2, 0.25) is 0 Å². The smallest absolute Gasteiger partial charge is 0.131 e. The number of hydrogen-bond donors (Lipinski definition) is 1. The number of aromatic nitrogens is 2. The van der Waals surface area contributed by atoms with Crippen LogP contribution >= 0.6 is 0 Å². The molecule has 0 bridgehead atoms. The van der Waals surface area contributed by atoms with Gasteiger partial charge in [-0.15, -0.1) is 0 Å². The molecule has 1 atom stereocenters. The van der Waals surface area contributed by atoms with Gasteiger partial charge in [0.25, 0.3) is 0 Å². The van der Waals surface area contributed by atoms with Crippen molar-refractivity contribution in [3.05, 3.63) is 59.7 Å². The predicted molar refractivity (Wildman–Crippen MR) is 59.3 cm³/mol. The summed E-state index contributed by atoms with van der Waals surface area (Å²) in [5.74, 6) is -1.20. The molecule has 3 nitrogen and oxygen atoms in total. The monoisotopic (exact) mass is 235 g/mol. The van der Waals surface area contributed by atoms with Gasteiger partial charge in [-0.1, -0.05) is 6.07 Å². The third-order valence-corrected chi connectivity index (χ3v) is 2.44. The van der Waals surface area contributed by atoms with E-state index in [9.17, 15) is 8.78 Å². The Balaban J connectivity index is 2.42. The van der Waals surface area contributed by atoms with Crippen molar-refractivity contribution >= 4 is 0 Å². The van der Waals surface area contributed by atoms with Crippen LogP contribution in [-0.4, -0.2) is 17.0 Å². The van der Waals surface area contributed by atoms with E-state index < -0.39 is 17.7 Å². The molecule has 88 valence electrons. The van der Waals surface area contributed by atoms with Gasteiger partial charge < -0.3 is 5.32 Å². The molecule has 0 aliphatic carbocycles. The molecule has 1 heterocycles. The number of nitrogens with zero attached hydrogens (tertiary/aromatic N) is 2. The molecule has 5 heteroatoms. The lowest BCUT2D eigenvalue weighted by molar-refractivity contribution is 0.547. The van der Waals surface area contributed by atoms with E-state index >= 15 is 0 Å². The molecule has 0 fully saturated rings. The van der Waals surface area contributed by atoms with Gasteiger partial charge in [-0.3, -0.25) is 9.97 Å².